The van der Waals surface area contributed by atoms with Gasteiger partial charge in [0.15, 0.2) is 0 Å². The first-order valence-corrected chi connectivity index (χ1v) is 7.85. The third kappa shape index (κ3) is 2.95. The number of hydrogen-bond acceptors (Lipinski definition) is 3. The third-order valence-corrected chi connectivity index (χ3v) is 4.53. The molecule has 3 nitrogen and oxygen atoms in total. The molecule has 0 spiro atoms. The van der Waals surface area contributed by atoms with Gasteiger partial charge in [-0.05, 0) is 28.8 Å². The van der Waals surface area contributed by atoms with Crippen LogP contribution >= 0.6 is 0 Å². The van der Waals surface area contributed by atoms with Crippen molar-refractivity contribution in [1.29, 1.82) is 0 Å². The maximum absolute atomic E-state index is 6.11. The molecule has 1 fully saturated rings. The highest BCUT2D eigenvalue weighted by molar-refractivity contribution is 5.83. The second kappa shape index (κ2) is 6.56. The molecule has 1 aliphatic heterocycles. The van der Waals surface area contributed by atoms with E-state index in [1.165, 1.54) is 16.3 Å². The fraction of sp³-hybridized carbons (Fsp3) is 0.444. The van der Waals surface area contributed by atoms with Gasteiger partial charge in [-0.3, -0.25) is 4.90 Å². The van der Waals surface area contributed by atoms with Crippen LogP contribution in [0.2, 0.25) is 0 Å². The maximum atomic E-state index is 6.11. The standard InChI is InChI=1S/C18H24N2O/c1-2-17-13-21-10-9-20(17)18(12-19)16-8-7-14-5-3-4-6-15(14)11-16/h3-8,11,17-18H,2,9-10,12-13,19H2,1H3. The smallest absolute Gasteiger partial charge is 0.0622 e. The summed E-state index contributed by atoms with van der Waals surface area (Å²) < 4.78 is 5.62. The monoisotopic (exact) mass is 284 g/mol. The van der Waals surface area contributed by atoms with Gasteiger partial charge in [0.2, 0.25) is 0 Å². The Balaban J connectivity index is 1.93. The van der Waals surface area contributed by atoms with Crippen LogP contribution < -0.4 is 5.73 Å². The third-order valence-electron chi connectivity index (χ3n) is 4.53. The number of ether oxygens (including phenoxy) is 1. The Bertz CT molecular complexity index is 599. The highest BCUT2D eigenvalue weighted by Crippen LogP contribution is 2.27. The summed E-state index contributed by atoms with van der Waals surface area (Å²) in [6, 6.07) is 16.0. The molecule has 0 aliphatic carbocycles. The molecule has 3 heteroatoms. The lowest BCUT2D eigenvalue weighted by Gasteiger charge is -2.40. The Hall–Kier alpha value is -1.42. The van der Waals surface area contributed by atoms with Gasteiger partial charge >= 0.3 is 0 Å². The Morgan fingerprint density at radius 2 is 2.05 bits per heavy atom. The fourth-order valence-corrected chi connectivity index (χ4v) is 3.31. The lowest BCUT2D eigenvalue weighted by molar-refractivity contribution is -0.0290. The summed E-state index contributed by atoms with van der Waals surface area (Å²) in [5.41, 5.74) is 7.43. The Kier molecular flexibility index (Phi) is 4.54. The highest BCUT2D eigenvalue weighted by atomic mass is 16.5. The number of nitrogens with two attached hydrogens (primary N) is 1. The molecule has 1 saturated heterocycles. The van der Waals surface area contributed by atoms with E-state index in [0.717, 1.165) is 26.2 Å². The van der Waals surface area contributed by atoms with Crippen LogP contribution in [0.4, 0.5) is 0 Å². The number of nitrogens with zero attached hydrogens (tertiary/aromatic N) is 1. The Morgan fingerprint density at radius 3 is 2.81 bits per heavy atom. The van der Waals surface area contributed by atoms with E-state index in [0.29, 0.717) is 12.6 Å². The molecule has 2 unspecified atom stereocenters. The van der Waals surface area contributed by atoms with Gasteiger partial charge in [0.05, 0.1) is 13.2 Å². The van der Waals surface area contributed by atoms with Crippen molar-refractivity contribution >= 4 is 10.8 Å². The molecule has 1 heterocycles. The molecule has 1 aliphatic rings. The molecule has 21 heavy (non-hydrogen) atoms. The van der Waals surface area contributed by atoms with Crippen LogP contribution in [-0.2, 0) is 4.74 Å². The van der Waals surface area contributed by atoms with Crippen molar-refractivity contribution in [2.45, 2.75) is 25.4 Å². The molecule has 0 bridgehead atoms. The summed E-state index contributed by atoms with van der Waals surface area (Å²) >= 11 is 0. The van der Waals surface area contributed by atoms with E-state index < -0.39 is 0 Å². The first kappa shape index (κ1) is 14.5. The zero-order chi connectivity index (χ0) is 14.7. The number of hydrogen-bond donors (Lipinski definition) is 1. The van der Waals surface area contributed by atoms with Gasteiger partial charge in [0.25, 0.3) is 0 Å². The van der Waals surface area contributed by atoms with Gasteiger partial charge in [-0.1, -0.05) is 43.3 Å². The molecule has 0 amide bonds. The van der Waals surface area contributed by atoms with Gasteiger partial charge in [0.1, 0.15) is 0 Å². The van der Waals surface area contributed by atoms with Crippen molar-refractivity contribution in [3.05, 3.63) is 48.0 Å². The van der Waals surface area contributed by atoms with Gasteiger partial charge in [-0.25, -0.2) is 0 Å². The second-order valence-electron chi connectivity index (χ2n) is 5.73. The van der Waals surface area contributed by atoms with Gasteiger partial charge in [-0.2, -0.15) is 0 Å². The summed E-state index contributed by atoms with van der Waals surface area (Å²) in [6.45, 7) is 5.46. The number of benzene rings is 2. The first-order chi connectivity index (χ1) is 10.3. The zero-order valence-corrected chi connectivity index (χ0v) is 12.7. The topological polar surface area (TPSA) is 38.5 Å². The van der Waals surface area contributed by atoms with Crippen molar-refractivity contribution in [3.8, 4) is 0 Å². The average Bonchev–Trinajstić information content (AvgIpc) is 2.56. The average molecular weight is 284 g/mol. The van der Waals surface area contributed by atoms with Crippen LogP contribution in [0.25, 0.3) is 10.8 Å². The highest BCUT2D eigenvalue weighted by Gasteiger charge is 2.28. The van der Waals surface area contributed by atoms with Crippen molar-refractivity contribution in [1.82, 2.24) is 4.90 Å². The van der Waals surface area contributed by atoms with E-state index >= 15 is 0 Å². The number of fused-ring (bicyclic) bond motifs is 1. The lowest BCUT2D eigenvalue weighted by Crippen LogP contribution is -2.48. The summed E-state index contributed by atoms with van der Waals surface area (Å²) in [5.74, 6) is 0. The quantitative estimate of drug-likeness (QED) is 0.938. The van der Waals surface area contributed by atoms with E-state index in [2.05, 4.69) is 54.3 Å². The number of morpholine rings is 1. The fourth-order valence-electron chi connectivity index (χ4n) is 3.31. The molecular formula is C18H24N2O. The van der Waals surface area contributed by atoms with E-state index in [-0.39, 0.29) is 6.04 Å². The minimum atomic E-state index is 0.281. The van der Waals surface area contributed by atoms with Crippen molar-refractivity contribution < 1.29 is 4.74 Å². The van der Waals surface area contributed by atoms with Crippen LogP contribution in [0, 0.1) is 0 Å². The SMILES string of the molecule is CCC1COCCN1C(CN)c1ccc2ccccc2c1. The van der Waals surface area contributed by atoms with E-state index in [4.69, 9.17) is 10.5 Å². The molecule has 0 radical (unpaired) electrons. The normalized spacial score (nSPS) is 21.5. The van der Waals surface area contributed by atoms with Crippen molar-refractivity contribution in [2.75, 3.05) is 26.3 Å². The molecule has 112 valence electrons. The molecule has 2 aromatic rings. The van der Waals surface area contributed by atoms with Crippen molar-refractivity contribution in [3.63, 3.8) is 0 Å². The minimum absolute atomic E-state index is 0.281. The van der Waals surface area contributed by atoms with Crippen LogP contribution in [0.1, 0.15) is 24.9 Å². The molecule has 0 aromatic heterocycles. The van der Waals surface area contributed by atoms with Crippen LogP contribution in [0.5, 0.6) is 0 Å². The van der Waals surface area contributed by atoms with Crippen molar-refractivity contribution in [2.24, 2.45) is 5.73 Å². The molecule has 0 saturated carbocycles. The largest absolute Gasteiger partial charge is 0.378 e. The van der Waals surface area contributed by atoms with E-state index in [9.17, 15) is 0 Å². The van der Waals surface area contributed by atoms with Crippen LogP contribution in [0.15, 0.2) is 42.5 Å². The summed E-state index contributed by atoms with van der Waals surface area (Å²) in [4.78, 5) is 2.52. The van der Waals surface area contributed by atoms with Crippen LogP contribution in [0.3, 0.4) is 0 Å². The lowest BCUT2D eigenvalue weighted by atomic mass is 9.98. The Morgan fingerprint density at radius 1 is 1.24 bits per heavy atom. The maximum Gasteiger partial charge on any atom is 0.0622 e. The van der Waals surface area contributed by atoms with Gasteiger partial charge in [-0.15, -0.1) is 0 Å². The van der Waals surface area contributed by atoms with E-state index in [1.54, 1.807) is 0 Å². The summed E-state index contributed by atoms with van der Waals surface area (Å²) in [6.07, 6.45) is 1.10. The van der Waals surface area contributed by atoms with Gasteiger partial charge < -0.3 is 10.5 Å². The van der Waals surface area contributed by atoms with Crippen LogP contribution in [-0.4, -0.2) is 37.2 Å². The molecule has 2 atom stereocenters. The minimum Gasteiger partial charge on any atom is -0.378 e. The number of rotatable bonds is 4. The second-order valence-corrected chi connectivity index (χ2v) is 5.73. The van der Waals surface area contributed by atoms with E-state index in [1.807, 2.05) is 0 Å². The predicted octanol–water partition coefficient (Wildman–Crippen LogP) is 2.95. The molecule has 2 N–H and O–H groups in total. The predicted molar refractivity (Wildman–Crippen MR) is 87.3 cm³/mol. The Labute approximate surface area is 126 Å². The van der Waals surface area contributed by atoms with Gasteiger partial charge in [0, 0.05) is 25.2 Å². The molecule has 3 rings (SSSR count). The summed E-state index contributed by atoms with van der Waals surface area (Å²) in [5, 5.41) is 2.57. The first-order valence-electron chi connectivity index (χ1n) is 7.85. The summed E-state index contributed by atoms with van der Waals surface area (Å²) in [7, 11) is 0. The molecule has 2 aromatic carbocycles. The zero-order valence-electron chi connectivity index (χ0n) is 12.7. The molecular weight excluding hydrogens is 260 g/mol.